The fraction of sp³-hybridized carbons (Fsp3) is 0.357. The van der Waals surface area contributed by atoms with Gasteiger partial charge < -0.3 is 14.5 Å². The molecule has 0 bridgehead atoms. The fourth-order valence-electron chi connectivity index (χ4n) is 1.98. The molecule has 0 saturated heterocycles. The van der Waals surface area contributed by atoms with Gasteiger partial charge in [0.15, 0.2) is 0 Å². The maximum Gasteiger partial charge on any atom is 0.260 e. The Morgan fingerprint density at radius 3 is 2.95 bits per heavy atom. The predicted octanol–water partition coefficient (Wildman–Crippen LogP) is 3.50. The highest BCUT2D eigenvalue weighted by Gasteiger charge is 2.17. The highest BCUT2D eigenvalue weighted by Crippen LogP contribution is 2.37. The van der Waals surface area contributed by atoms with Crippen molar-refractivity contribution in [3.63, 3.8) is 0 Å². The largest absolute Gasteiger partial charge is 0.496 e. The fourth-order valence-corrected chi connectivity index (χ4v) is 2.92. The summed E-state index contributed by atoms with van der Waals surface area (Å²) in [6.45, 7) is 5.12. The van der Waals surface area contributed by atoms with Crippen LogP contribution in [-0.2, 0) is 0 Å². The number of nitrogens with zero attached hydrogens (tertiary/aromatic N) is 1. The van der Waals surface area contributed by atoms with Gasteiger partial charge in [0.05, 0.1) is 13.3 Å². The zero-order valence-corrected chi connectivity index (χ0v) is 12.2. The number of ether oxygens (including phenoxy) is 1. The van der Waals surface area contributed by atoms with Gasteiger partial charge >= 0.3 is 0 Å². The van der Waals surface area contributed by atoms with Crippen molar-refractivity contribution in [3.8, 4) is 5.75 Å². The standard InChI is InChI=1S/C14H18N2O2S/c1-4-15-10(2)13-11(17-3)6-5-7-12(13)19-14-16-8-9-18-14/h5-10,15H,4H2,1-3H3. The zero-order chi connectivity index (χ0) is 13.7. The lowest BCUT2D eigenvalue weighted by Gasteiger charge is -2.19. The van der Waals surface area contributed by atoms with Crippen LogP contribution in [0.2, 0.25) is 0 Å². The SMILES string of the molecule is CCNC(C)c1c(OC)cccc1Sc1ncco1. The molecule has 4 nitrogen and oxygen atoms in total. The smallest absolute Gasteiger partial charge is 0.260 e. The van der Waals surface area contributed by atoms with Crippen LogP contribution in [0.25, 0.3) is 0 Å². The Morgan fingerprint density at radius 2 is 2.32 bits per heavy atom. The monoisotopic (exact) mass is 278 g/mol. The second-order valence-corrected chi connectivity index (χ2v) is 5.04. The molecule has 0 fully saturated rings. The molecule has 1 N–H and O–H groups in total. The minimum Gasteiger partial charge on any atom is -0.496 e. The molecular formula is C14H18N2O2S. The first-order chi connectivity index (χ1) is 9.26. The minimum absolute atomic E-state index is 0.207. The Kier molecular flexibility index (Phi) is 4.87. The van der Waals surface area contributed by atoms with Crippen molar-refractivity contribution in [1.29, 1.82) is 0 Å². The molecule has 0 aliphatic rings. The third kappa shape index (κ3) is 3.30. The van der Waals surface area contributed by atoms with Gasteiger partial charge in [-0.3, -0.25) is 0 Å². The molecule has 2 rings (SSSR count). The van der Waals surface area contributed by atoms with Crippen molar-refractivity contribution < 1.29 is 9.15 Å². The lowest BCUT2D eigenvalue weighted by atomic mass is 10.1. The molecule has 1 atom stereocenters. The van der Waals surface area contributed by atoms with Crippen LogP contribution in [0.4, 0.5) is 0 Å². The van der Waals surface area contributed by atoms with Gasteiger partial charge in [0.2, 0.25) is 0 Å². The molecule has 1 aromatic carbocycles. The van der Waals surface area contributed by atoms with Crippen LogP contribution in [0.15, 0.2) is 45.2 Å². The van der Waals surface area contributed by atoms with Gasteiger partial charge in [-0.2, -0.15) is 0 Å². The van der Waals surface area contributed by atoms with Gasteiger partial charge in [0, 0.05) is 16.5 Å². The molecule has 2 aromatic rings. The van der Waals surface area contributed by atoms with Crippen molar-refractivity contribution in [2.24, 2.45) is 0 Å². The molecule has 1 unspecified atom stereocenters. The lowest BCUT2D eigenvalue weighted by molar-refractivity contribution is 0.399. The summed E-state index contributed by atoms with van der Waals surface area (Å²) in [5.74, 6) is 0.880. The second-order valence-electron chi connectivity index (χ2n) is 4.05. The Labute approximate surface area is 117 Å². The number of aromatic nitrogens is 1. The maximum atomic E-state index is 5.47. The maximum absolute atomic E-state index is 5.47. The molecule has 1 aromatic heterocycles. The summed E-state index contributed by atoms with van der Waals surface area (Å²) in [5.41, 5.74) is 1.13. The summed E-state index contributed by atoms with van der Waals surface area (Å²) in [4.78, 5) is 5.24. The number of nitrogens with one attached hydrogen (secondary N) is 1. The van der Waals surface area contributed by atoms with Crippen molar-refractivity contribution in [2.75, 3.05) is 13.7 Å². The third-order valence-electron chi connectivity index (χ3n) is 2.80. The summed E-state index contributed by atoms with van der Waals surface area (Å²) in [6.07, 6.45) is 3.23. The second kappa shape index (κ2) is 6.63. The predicted molar refractivity (Wildman–Crippen MR) is 75.7 cm³/mol. The summed E-state index contributed by atoms with van der Waals surface area (Å²) in [6, 6.07) is 6.22. The van der Waals surface area contributed by atoms with Crippen LogP contribution in [0, 0.1) is 0 Å². The number of benzene rings is 1. The van der Waals surface area contributed by atoms with Gasteiger partial charge in [-0.25, -0.2) is 4.98 Å². The third-order valence-corrected chi connectivity index (χ3v) is 3.75. The van der Waals surface area contributed by atoms with Gasteiger partial charge in [0.1, 0.15) is 12.0 Å². The highest BCUT2D eigenvalue weighted by atomic mass is 32.2. The first kappa shape index (κ1) is 14.0. The van der Waals surface area contributed by atoms with Crippen LogP contribution in [0.1, 0.15) is 25.5 Å². The molecule has 0 aliphatic carbocycles. The van der Waals surface area contributed by atoms with Crippen molar-refractivity contribution in [2.45, 2.75) is 30.0 Å². The van der Waals surface area contributed by atoms with E-state index >= 15 is 0 Å². The van der Waals surface area contributed by atoms with E-state index in [9.17, 15) is 0 Å². The van der Waals surface area contributed by atoms with E-state index in [0.29, 0.717) is 5.22 Å². The summed E-state index contributed by atoms with van der Waals surface area (Å²) >= 11 is 1.51. The topological polar surface area (TPSA) is 47.3 Å². The van der Waals surface area contributed by atoms with E-state index in [4.69, 9.17) is 9.15 Å². The van der Waals surface area contributed by atoms with E-state index in [0.717, 1.165) is 22.8 Å². The lowest BCUT2D eigenvalue weighted by Crippen LogP contribution is -2.19. The number of methoxy groups -OCH3 is 1. The number of hydrogen-bond donors (Lipinski definition) is 1. The summed E-state index contributed by atoms with van der Waals surface area (Å²) in [7, 11) is 1.69. The molecule has 0 aliphatic heterocycles. The molecule has 0 spiro atoms. The Bertz CT molecular complexity index is 514. The normalized spacial score (nSPS) is 12.4. The van der Waals surface area contributed by atoms with Crippen molar-refractivity contribution >= 4 is 11.8 Å². The molecule has 102 valence electrons. The Morgan fingerprint density at radius 1 is 1.47 bits per heavy atom. The Hall–Kier alpha value is -1.46. The molecule has 0 radical (unpaired) electrons. The number of hydrogen-bond acceptors (Lipinski definition) is 5. The van der Waals surface area contributed by atoms with Crippen molar-refractivity contribution in [3.05, 3.63) is 36.2 Å². The van der Waals surface area contributed by atoms with E-state index in [-0.39, 0.29) is 6.04 Å². The van der Waals surface area contributed by atoms with E-state index in [1.54, 1.807) is 19.6 Å². The quantitative estimate of drug-likeness (QED) is 0.876. The minimum atomic E-state index is 0.207. The van der Waals surface area contributed by atoms with E-state index in [1.807, 2.05) is 12.1 Å². The average Bonchev–Trinajstić information content (AvgIpc) is 2.91. The van der Waals surface area contributed by atoms with Gasteiger partial charge in [-0.05, 0) is 37.4 Å². The molecule has 19 heavy (non-hydrogen) atoms. The number of oxazole rings is 1. The molecule has 0 saturated carbocycles. The van der Waals surface area contributed by atoms with E-state index in [2.05, 4.69) is 30.2 Å². The van der Waals surface area contributed by atoms with Crippen LogP contribution < -0.4 is 10.1 Å². The van der Waals surface area contributed by atoms with Crippen LogP contribution in [-0.4, -0.2) is 18.6 Å². The van der Waals surface area contributed by atoms with E-state index in [1.165, 1.54) is 11.8 Å². The van der Waals surface area contributed by atoms with E-state index < -0.39 is 0 Å². The van der Waals surface area contributed by atoms with Crippen molar-refractivity contribution in [1.82, 2.24) is 10.3 Å². The first-order valence-electron chi connectivity index (χ1n) is 6.23. The first-order valence-corrected chi connectivity index (χ1v) is 7.05. The van der Waals surface area contributed by atoms with Gasteiger partial charge in [-0.1, -0.05) is 13.0 Å². The van der Waals surface area contributed by atoms with Crippen LogP contribution in [0.3, 0.4) is 0 Å². The summed E-state index contributed by atoms with van der Waals surface area (Å²) in [5, 5.41) is 4.05. The van der Waals surface area contributed by atoms with Gasteiger partial charge in [0.25, 0.3) is 5.22 Å². The number of rotatable bonds is 6. The van der Waals surface area contributed by atoms with Crippen LogP contribution >= 0.6 is 11.8 Å². The molecular weight excluding hydrogens is 260 g/mol. The molecule has 5 heteroatoms. The van der Waals surface area contributed by atoms with Gasteiger partial charge in [-0.15, -0.1) is 0 Å². The average molecular weight is 278 g/mol. The van der Waals surface area contributed by atoms with Crippen LogP contribution in [0.5, 0.6) is 5.75 Å². The summed E-state index contributed by atoms with van der Waals surface area (Å²) < 4.78 is 10.8. The molecule has 1 heterocycles. The molecule has 0 amide bonds. The zero-order valence-electron chi connectivity index (χ0n) is 11.3. The Balaban J connectivity index is 2.35. The highest BCUT2D eigenvalue weighted by molar-refractivity contribution is 7.99.